The van der Waals surface area contributed by atoms with E-state index < -0.39 is 28.3 Å². The van der Waals surface area contributed by atoms with Crippen LogP contribution in [0.15, 0.2) is 0 Å². The van der Waals surface area contributed by atoms with E-state index in [1.165, 1.54) is 13.8 Å². The van der Waals surface area contributed by atoms with Gasteiger partial charge in [-0.05, 0) is 19.3 Å². The molecule has 0 aromatic heterocycles. The van der Waals surface area contributed by atoms with Gasteiger partial charge in [0.25, 0.3) is 5.92 Å². The average Bonchev–Trinajstić information content (AvgIpc) is 2.15. The summed E-state index contributed by atoms with van der Waals surface area (Å²) in [6, 6.07) is 0. The highest BCUT2D eigenvalue weighted by molar-refractivity contribution is 5.04. The van der Waals surface area contributed by atoms with Gasteiger partial charge < -0.3 is 0 Å². The molecule has 0 spiro atoms. The molecule has 0 fully saturated rings. The van der Waals surface area contributed by atoms with Crippen LogP contribution >= 0.6 is 0 Å². The van der Waals surface area contributed by atoms with Gasteiger partial charge in [0.2, 0.25) is 0 Å². The van der Waals surface area contributed by atoms with Gasteiger partial charge in [0.1, 0.15) is 5.41 Å². The topological polar surface area (TPSA) is 0 Å². The minimum Gasteiger partial charge on any atom is -0.205 e. The monoisotopic (exact) mass is 274 g/mol. The fourth-order valence-corrected chi connectivity index (χ4v) is 1.83. The molecular formula is C13H23F5. The smallest absolute Gasteiger partial charge is 0.205 e. The Hall–Kier alpha value is -0.350. The molecule has 0 saturated carbocycles. The molecule has 0 rings (SSSR count). The van der Waals surface area contributed by atoms with Crippen molar-refractivity contribution in [3.63, 3.8) is 0 Å². The minimum atomic E-state index is -4.95. The van der Waals surface area contributed by atoms with Gasteiger partial charge in [-0.1, -0.05) is 41.0 Å². The number of hydrogen-bond donors (Lipinski definition) is 0. The molecule has 0 atom stereocenters. The zero-order chi connectivity index (χ0) is 15.2. The second kappa shape index (κ2) is 4.34. The Morgan fingerprint density at radius 1 is 0.667 bits per heavy atom. The largest absolute Gasteiger partial charge is 0.399 e. The van der Waals surface area contributed by atoms with E-state index >= 15 is 0 Å². The molecule has 0 N–H and O–H groups in total. The van der Waals surface area contributed by atoms with Crippen molar-refractivity contribution >= 4 is 0 Å². The predicted molar refractivity (Wildman–Crippen MR) is 62.6 cm³/mol. The molecule has 0 radical (unpaired) electrons. The zero-order valence-electron chi connectivity index (χ0n) is 12.1. The highest BCUT2D eigenvalue weighted by Crippen LogP contribution is 2.61. The molecule has 0 aromatic rings. The van der Waals surface area contributed by atoms with E-state index in [0.717, 1.165) is 0 Å². The van der Waals surface area contributed by atoms with Gasteiger partial charge in [0.05, 0.1) is 0 Å². The normalized spacial score (nSPS) is 16.0. The van der Waals surface area contributed by atoms with Gasteiger partial charge in [-0.2, -0.15) is 13.2 Å². The van der Waals surface area contributed by atoms with Crippen molar-refractivity contribution in [2.24, 2.45) is 16.2 Å². The van der Waals surface area contributed by atoms with Gasteiger partial charge >= 0.3 is 6.18 Å². The molecule has 0 saturated heterocycles. The van der Waals surface area contributed by atoms with Crippen molar-refractivity contribution in [2.45, 2.75) is 67.0 Å². The maximum Gasteiger partial charge on any atom is 0.399 e. The fraction of sp³-hybridized carbons (Fsp3) is 1.00. The van der Waals surface area contributed by atoms with Crippen molar-refractivity contribution < 1.29 is 22.0 Å². The van der Waals surface area contributed by atoms with Gasteiger partial charge in [0, 0.05) is 5.41 Å². The second-order valence-electron chi connectivity index (χ2n) is 6.56. The maximum absolute atomic E-state index is 14.4. The molecule has 0 aliphatic rings. The SMILES string of the molecule is CCC(C)(C)C(C)(C)C(F)(F)C(C)(C)C(F)(F)F. The van der Waals surface area contributed by atoms with Gasteiger partial charge in [0.15, 0.2) is 0 Å². The Kier molecular flexibility index (Phi) is 4.26. The third-order valence-corrected chi connectivity index (χ3v) is 4.85. The van der Waals surface area contributed by atoms with Crippen molar-refractivity contribution in [1.29, 1.82) is 0 Å². The van der Waals surface area contributed by atoms with Crippen molar-refractivity contribution in [1.82, 2.24) is 0 Å². The zero-order valence-corrected chi connectivity index (χ0v) is 12.1. The molecular weight excluding hydrogens is 251 g/mol. The van der Waals surface area contributed by atoms with Crippen LogP contribution in [0.25, 0.3) is 0 Å². The molecule has 5 heteroatoms. The summed E-state index contributed by atoms with van der Waals surface area (Å²) in [5.41, 5.74) is -5.73. The van der Waals surface area contributed by atoms with Crippen LogP contribution in [-0.2, 0) is 0 Å². The van der Waals surface area contributed by atoms with Crippen molar-refractivity contribution in [3.8, 4) is 0 Å². The Bertz CT molecular complexity index is 297. The molecule has 0 unspecified atom stereocenters. The van der Waals surface area contributed by atoms with Crippen LogP contribution in [0.4, 0.5) is 22.0 Å². The standard InChI is InChI=1S/C13H23F5/c1-8-9(2,3)10(4,5)12(14,15)11(6,7)13(16,17)18/h8H2,1-7H3. The molecule has 0 heterocycles. The van der Waals surface area contributed by atoms with Crippen LogP contribution in [-0.4, -0.2) is 12.1 Å². The Balaban J connectivity index is 5.80. The minimum absolute atomic E-state index is 0.378. The third-order valence-electron chi connectivity index (χ3n) is 4.85. The molecule has 18 heavy (non-hydrogen) atoms. The lowest BCUT2D eigenvalue weighted by Gasteiger charge is -2.52. The van der Waals surface area contributed by atoms with E-state index in [-0.39, 0.29) is 0 Å². The number of halogens is 5. The van der Waals surface area contributed by atoms with Gasteiger partial charge in [-0.3, -0.25) is 0 Å². The van der Waals surface area contributed by atoms with Gasteiger partial charge in [-0.15, -0.1) is 0 Å². The first-order chi connectivity index (χ1) is 7.56. The summed E-state index contributed by atoms with van der Waals surface area (Å²) in [6.45, 7) is 8.42. The maximum atomic E-state index is 14.4. The average molecular weight is 274 g/mol. The molecule has 0 bridgehead atoms. The highest BCUT2D eigenvalue weighted by Gasteiger charge is 2.70. The molecule has 0 aromatic carbocycles. The van der Waals surface area contributed by atoms with E-state index in [9.17, 15) is 22.0 Å². The summed E-state index contributed by atoms with van der Waals surface area (Å²) in [5.74, 6) is -3.86. The van der Waals surface area contributed by atoms with E-state index in [2.05, 4.69) is 0 Å². The van der Waals surface area contributed by atoms with Crippen LogP contribution < -0.4 is 0 Å². The molecule has 0 aliphatic carbocycles. The highest BCUT2D eigenvalue weighted by atomic mass is 19.4. The summed E-state index contributed by atoms with van der Waals surface area (Å²) in [4.78, 5) is 0. The Labute approximate surface area is 106 Å². The molecule has 0 amide bonds. The molecule has 110 valence electrons. The van der Waals surface area contributed by atoms with Crippen molar-refractivity contribution in [3.05, 3.63) is 0 Å². The van der Waals surface area contributed by atoms with E-state index in [1.807, 2.05) is 0 Å². The summed E-state index contributed by atoms with van der Waals surface area (Å²) in [6.07, 6.45) is -4.57. The van der Waals surface area contributed by atoms with Gasteiger partial charge in [-0.25, -0.2) is 8.78 Å². The molecule has 0 nitrogen and oxygen atoms in total. The lowest BCUT2D eigenvalue weighted by Crippen LogP contribution is -2.59. The number of hydrogen-bond acceptors (Lipinski definition) is 0. The Morgan fingerprint density at radius 2 is 1.00 bits per heavy atom. The first kappa shape index (κ1) is 17.6. The summed E-state index contributed by atoms with van der Waals surface area (Å²) >= 11 is 0. The Morgan fingerprint density at radius 3 is 1.22 bits per heavy atom. The van der Waals surface area contributed by atoms with Crippen LogP contribution in [0.3, 0.4) is 0 Å². The van der Waals surface area contributed by atoms with Crippen LogP contribution in [0.5, 0.6) is 0 Å². The van der Waals surface area contributed by atoms with E-state index in [0.29, 0.717) is 20.3 Å². The molecule has 0 aliphatic heterocycles. The summed E-state index contributed by atoms with van der Waals surface area (Å²) in [7, 11) is 0. The van der Waals surface area contributed by atoms with Crippen molar-refractivity contribution in [2.75, 3.05) is 0 Å². The summed E-state index contributed by atoms with van der Waals surface area (Å²) < 4.78 is 67.5. The third kappa shape index (κ3) is 2.25. The van der Waals surface area contributed by atoms with Crippen LogP contribution in [0.2, 0.25) is 0 Å². The quantitative estimate of drug-likeness (QED) is 0.579. The first-order valence-corrected chi connectivity index (χ1v) is 6.01. The van der Waals surface area contributed by atoms with Crippen LogP contribution in [0, 0.1) is 16.2 Å². The number of rotatable bonds is 4. The van der Waals surface area contributed by atoms with Crippen LogP contribution in [0.1, 0.15) is 54.9 Å². The first-order valence-electron chi connectivity index (χ1n) is 6.01. The fourth-order valence-electron chi connectivity index (χ4n) is 1.83. The lowest BCUT2D eigenvalue weighted by molar-refractivity contribution is -0.326. The second-order valence-corrected chi connectivity index (χ2v) is 6.56. The predicted octanol–water partition coefficient (Wildman–Crippen LogP) is 5.67. The number of alkyl halides is 5. The van der Waals surface area contributed by atoms with E-state index in [1.54, 1.807) is 20.8 Å². The lowest BCUT2D eigenvalue weighted by atomic mass is 9.57. The summed E-state index contributed by atoms with van der Waals surface area (Å²) in [5, 5.41) is 0. The van der Waals surface area contributed by atoms with E-state index in [4.69, 9.17) is 0 Å².